The fourth-order valence-electron chi connectivity index (χ4n) is 2.06. The minimum absolute atomic E-state index is 0.351. The number of aryl methyl sites for hydroxylation is 1. The lowest BCUT2D eigenvalue weighted by Gasteiger charge is -2.20. The summed E-state index contributed by atoms with van der Waals surface area (Å²) < 4.78 is 0. The molecule has 0 aliphatic carbocycles. The normalized spacial score (nSPS) is 11.4. The zero-order valence-electron chi connectivity index (χ0n) is 12.0. The zero-order valence-corrected chi connectivity index (χ0v) is 12.8. The van der Waals surface area contributed by atoms with Crippen LogP contribution >= 0.6 is 11.3 Å². The Morgan fingerprint density at radius 3 is 2.63 bits per heavy atom. The molecule has 0 aliphatic heterocycles. The van der Waals surface area contributed by atoms with E-state index in [0.717, 1.165) is 35.5 Å². The third kappa shape index (κ3) is 3.33. The third-order valence-electron chi connectivity index (χ3n) is 2.97. The zero-order chi connectivity index (χ0) is 14.0. The number of aromatic nitrogens is 2. The lowest BCUT2D eigenvalue weighted by Crippen LogP contribution is -2.24. The molecular weight excluding hydrogens is 258 g/mol. The molecule has 19 heavy (non-hydrogen) atoms. The van der Waals surface area contributed by atoms with E-state index in [1.54, 1.807) is 11.3 Å². The topological polar surface area (TPSA) is 58.3 Å². The summed E-state index contributed by atoms with van der Waals surface area (Å²) in [5.74, 6) is 1.29. The molecule has 2 heterocycles. The lowest BCUT2D eigenvalue weighted by atomic mass is 10.3. The van der Waals surface area contributed by atoms with Gasteiger partial charge in [-0.05, 0) is 40.1 Å². The standard InChI is InChI=1S/C13H21N5S/c1-9-8-10-11(15-13(14)16-12(10)19-9)18(4)7-5-6-17(2)3/h8H,5-7H2,1-4H3,(H2,14,15,16). The number of nitrogens with two attached hydrogens (primary N) is 1. The summed E-state index contributed by atoms with van der Waals surface area (Å²) in [7, 11) is 6.23. The molecule has 2 aromatic heterocycles. The van der Waals surface area contributed by atoms with Gasteiger partial charge >= 0.3 is 0 Å². The van der Waals surface area contributed by atoms with Crippen molar-refractivity contribution in [1.82, 2.24) is 14.9 Å². The number of anilines is 2. The van der Waals surface area contributed by atoms with Crippen molar-refractivity contribution in [2.75, 3.05) is 44.9 Å². The van der Waals surface area contributed by atoms with Crippen LogP contribution in [-0.2, 0) is 0 Å². The number of fused-ring (bicyclic) bond motifs is 1. The van der Waals surface area contributed by atoms with Crippen molar-refractivity contribution in [1.29, 1.82) is 0 Å². The fourth-order valence-corrected chi connectivity index (χ4v) is 2.95. The third-order valence-corrected chi connectivity index (χ3v) is 3.92. The van der Waals surface area contributed by atoms with Crippen LogP contribution in [0.15, 0.2) is 6.07 Å². The smallest absolute Gasteiger partial charge is 0.223 e. The summed E-state index contributed by atoms with van der Waals surface area (Å²) in [6.45, 7) is 4.10. The van der Waals surface area contributed by atoms with E-state index in [1.807, 2.05) is 0 Å². The Hall–Kier alpha value is -1.40. The van der Waals surface area contributed by atoms with Crippen molar-refractivity contribution >= 4 is 33.3 Å². The molecule has 0 saturated heterocycles. The minimum Gasteiger partial charge on any atom is -0.368 e. The van der Waals surface area contributed by atoms with Crippen molar-refractivity contribution in [2.24, 2.45) is 0 Å². The highest BCUT2D eigenvalue weighted by Crippen LogP contribution is 2.30. The van der Waals surface area contributed by atoms with Crippen LogP contribution in [0.4, 0.5) is 11.8 Å². The molecule has 0 fully saturated rings. The van der Waals surface area contributed by atoms with E-state index >= 15 is 0 Å². The average Bonchev–Trinajstić information content (AvgIpc) is 2.67. The van der Waals surface area contributed by atoms with E-state index < -0.39 is 0 Å². The van der Waals surface area contributed by atoms with Gasteiger partial charge in [-0.25, -0.2) is 4.98 Å². The molecule has 0 aliphatic rings. The monoisotopic (exact) mass is 279 g/mol. The van der Waals surface area contributed by atoms with Gasteiger partial charge in [0.1, 0.15) is 10.6 Å². The summed E-state index contributed by atoms with van der Waals surface area (Å²) in [5.41, 5.74) is 5.80. The van der Waals surface area contributed by atoms with Gasteiger partial charge in [0.15, 0.2) is 0 Å². The van der Waals surface area contributed by atoms with E-state index in [9.17, 15) is 0 Å². The number of hydrogen-bond donors (Lipinski definition) is 1. The number of rotatable bonds is 5. The molecule has 0 bridgehead atoms. The van der Waals surface area contributed by atoms with Gasteiger partial charge in [-0.2, -0.15) is 4.98 Å². The highest BCUT2D eigenvalue weighted by molar-refractivity contribution is 7.18. The molecule has 2 aromatic rings. The van der Waals surface area contributed by atoms with Gasteiger partial charge in [0.2, 0.25) is 5.95 Å². The van der Waals surface area contributed by atoms with E-state index in [-0.39, 0.29) is 0 Å². The maximum atomic E-state index is 5.80. The first kappa shape index (κ1) is 14.0. The van der Waals surface area contributed by atoms with Crippen molar-refractivity contribution in [3.63, 3.8) is 0 Å². The quantitative estimate of drug-likeness (QED) is 0.907. The largest absolute Gasteiger partial charge is 0.368 e. The molecule has 104 valence electrons. The number of nitrogens with zero attached hydrogens (tertiary/aromatic N) is 4. The SMILES string of the molecule is Cc1cc2c(N(C)CCCN(C)C)nc(N)nc2s1. The fraction of sp³-hybridized carbons (Fsp3) is 0.538. The number of hydrogen-bond acceptors (Lipinski definition) is 6. The molecule has 0 aromatic carbocycles. The maximum Gasteiger partial charge on any atom is 0.223 e. The van der Waals surface area contributed by atoms with E-state index in [0.29, 0.717) is 5.95 Å². The molecule has 0 atom stereocenters. The highest BCUT2D eigenvalue weighted by Gasteiger charge is 2.12. The van der Waals surface area contributed by atoms with Crippen LogP contribution in [0.2, 0.25) is 0 Å². The first-order valence-electron chi connectivity index (χ1n) is 6.37. The summed E-state index contributed by atoms with van der Waals surface area (Å²) in [4.78, 5) is 15.3. The Morgan fingerprint density at radius 1 is 1.21 bits per heavy atom. The summed E-state index contributed by atoms with van der Waals surface area (Å²) >= 11 is 1.66. The van der Waals surface area contributed by atoms with Crippen molar-refractivity contribution in [3.05, 3.63) is 10.9 Å². The summed E-state index contributed by atoms with van der Waals surface area (Å²) in [6.07, 6.45) is 1.10. The van der Waals surface area contributed by atoms with Crippen molar-refractivity contribution < 1.29 is 0 Å². The molecule has 2 rings (SSSR count). The average molecular weight is 279 g/mol. The van der Waals surface area contributed by atoms with Gasteiger partial charge in [-0.1, -0.05) is 0 Å². The molecule has 0 amide bonds. The van der Waals surface area contributed by atoms with Gasteiger partial charge < -0.3 is 15.5 Å². The van der Waals surface area contributed by atoms with Crippen LogP contribution in [0.25, 0.3) is 10.2 Å². The first-order valence-corrected chi connectivity index (χ1v) is 7.18. The second kappa shape index (κ2) is 5.71. The Kier molecular flexibility index (Phi) is 4.21. The molecular formula is C13H21N5S. The van der Waals surface area contributed by atoms with Crippen LogP contribution in [0.3, 0.4) is 0 Å². The van der Waals surface area contributed by atoms with Crippen LogP contribution in [-0.4, -0.2) is 49.1 Å². The van der Waals surface area contributed by atoms with E-state index in [1.165, 1.54) is 4.88 Å². The second-order valence-corrected chi connectivity index (χ2v) is 6.29. The van der Waals surface area contributed by atoms with Crippen LogP contribution < -0.4 is 10.6 Å². The van der Waals surface area contributed by atoms with Gasteiger partial charge in [-0.15, -0.1) is 11.3 Å². The Labute approximate surface area is 118 Å². The van der Waals surface area contributed by atoms with Crippen LogP contribution in [0, 0.1) is 6.92 Å². The molecule has 6 heteroatoms. The molecule has 2 N–H and O–H groups in total. The van der Waals surface area contributed by atoms with Crippen LogP contribution in [0.1, 0.15) is 11.3 Å². The highest BCUT2D eigenvalue weighted by atomic mass is 32.1. The molecule has 0 spiro atoms. The van der Waals surface area contributed by atoms with Crippen molar-refractivity contribution in [2.45, 2.75) is 13.3 Å². The van der Waals surface area contributed by atoms with Gasteiger partial charge in [-0.3, -0.25) is 0 Å². The van der Waals surface area contributed by atoms with E-state index in [4.69, 9.17) is 5.73 Å². The molecule has 5 nitrogen and oxygen atoms in total. The predicted octanol–water partition coefficient (Wildman–Crippen LogP) is 1.97. The molecule has 0 saturated carbocycles. The minimum atomic E-state index is 0.351. The Bertz CT molecular complexity index is 563. The molecule has 0 unspecified atom stereocenters. The molecule has 0 radical (unpaired) electrons. The van der Waals surface area contributed by atoms with Gasteiger partial charge in [0.25, 0.3) is 0 Å². The Morgan fingerprint density at radius 2 is 1.95 bits per heavy atom. The predicted molar refractivity (Wildman–Crippen MR) is 83.0 cm³/mol. The Balaban J connectivity index is 2.22. The summed E-state index contributed by atoms with van der Waals surface area (Å²) in [6, 6.07) is 2.14. The van der Waals surface area contributed by atoms with Gasteiger partial charge in [0, 0.05) is 18.5 Å². The lowest BCUT2D eigenvalue weighted by molar-refractivity contribution is 0.401. The number of thiophene rings is 1. The summed E-state index contributed by atoms with van der Waals surface area (Å²) in [5, 5.41) is 1.10. The second-order valence-electron chi connectivity index (χ2n) is 5.06. The van der Waals surface area contributed by atoms with Crippen LogP contribution in [0.5, 0.6) is 0 Å². The van der Waals surface area contributed by atoms with Gasteiger partial charge in [0.05, 0.1) is 5.39 Å². The first-order chi connectivity index (χ1) is 8.97. The number of nitrogen functional groups attached to an aromatic ring is 1. The maximum absolute atomic E-state index is 5.80. The van der Waals surface area contributed by atoms with Crippen molar-refractivity contribution in [3.8, 4) is 0 Å². The van der Waals surface area contributed by atoms with E-state index in [2.05, 4.69) is 53.9 Å².